The van der Waals surface area contributed by atoms with Gasteiger partial charge in [-0.05, 0) is 23.6 Å². The van der Waals surface area contributed by atoms with Crippen LogP contribution in [0.5, 0.6) is 0 Å². The Hall–Kier alpha value is -0.260. The number of halogens is 4. The van der Waals surface area contributed by atoms with E-state index in [1.165, 1.54) is 23.5 Å². The van der Waals surface area contributed by atoms with Crippen molar-refractivity contribution in [3.63, 3.8) is 0 Å². The zero-order valence-corrected chi connectivity index (χ0v) is 11.9. The van der Waals surface area contributed by atoms with Crippen LogP contribution in [0.2, 0.25) is 0 Å². The summed E-state index contributed by atoms with van der Waals surface area (Å²) >= 11 is 7.82. The summed E-state index contributed by atoms with van der Waals surface area (Å²) in [6.45, 7) is 0. The van der Waals surface area contributed by atoms with E-state index in [4.69, 9.17) is 0 Å². The fraction of sp³-hybridized carbons (Fsp3) is 0.0909. The Morgan fingerprint density at radius 1 is 1.19 bits per heavy atom. The molecule has 0 saturated heterocycles. The second kappa shape index (κ2) is 4.94. The molecule has 0 bridgehead atoms. The summed E-state index contributed by atoms with van der Waals surface area (Å²) in [5.74, 6) is -1.11. The van der Waals surface area contributed by atoms with E-state index < -0.39 is 16.5 Å². The molecular formula is C11H6Br2F2S. The maximum atomic E-state index is 13.7. The quantitative estimate of drug-likeness (QED) is 0.634. The summed E-state index contributed by atoms with van der Waals surface area (Å²) in [4.78, 5) is 0.431. The second-order valence-electron chi connectivity index (χ2n) is 3.16. The van der Waals surface area contributed by atoms with Crippen molar-refractivity contribution >= 4 is 43.2 Å². The standard InChI is InChI=1S/C11H6Br2F2S/c12-6-4-7(14)10(8(15)5-6)11(13)9-2-1-3-16-9/h1-5,11H. The van der Waals surface area contributed by atoms with Crippen LogP contribution < -0.4 is 0 Å². The lowest BCUT2D eigenvalue weighted by Gasteiger charge is -2.11. The molecule has 2 aromatic rings. The van der Waals surface area contributed by atoms with Gasteiger partial charge in [0.25, 0.3) is 0 Å². The lowest BCUT2D eigenvalue weighted by atomic mass is 10.1. The van der Waals surface area contributed by atoms with Crippen molar-refractivity contribution in [1.29, 1.82) is 0 Å². The first-order chi connectivity index (χ1) is 7.59. The van der Waals surface area contributed by atoms with Crippen molar-refractivity contribution in [2.45, 2.75) is 4.83 Å². The number of rotatable bonds is 2. The minimum absolute atomic E-state index is 0.0469. The lowest BCUT2D eigenvalue weighted by molar-refractivity contribution is 0.560. The highest BCUT2D eigenvalue weighted by Gasteiger charge is 2.20. The van der Waals surface area contributed by atoms with Gasteiger partial charge in [-0.25, -0.2) is 8.78 Å². The van der Waals surface area contributed by atoms with E-state index in [0.717, 1.165) is 4.88 Å². The average Bonchev–Trinajstić information content (AvgIpc) is 2.67. The molecule has 0 aliphatic carbocycles. The van der Waals surface area contributed by atoms with Crippen LogP contribution in [0.1, 0.15) is 15.3 Å². The van der Waals surface area contributed by atoms with Gasteiger partial charge in [-0.15, -0.1) is 11.3 Å². The van der Waals surface area contributed by atoms with Gasteiger partial charge >= 0.3 is 0 Å². The van der Waals surface area contributed by atoms with Gasteiger partial charge in [0.15, 0.2) is 0 Å². The fourth-order valence-electron chi connectivity index (χ4n) is 1.37. The molecule has 0 amide bonds. The topological polar surface area (TPSA) is 0 Å². The van der Waals surface area contributed by atoms with Crippen LogP contribution in [0.15, 0.2) is 34.1 Å². The Bertz CT molecular complexity index is 474. The van der Waals surface area contributed by atoms with Crippen LogP contribution >= 0.6 is 43.2 Å². The van der Waals surface area contributed by atoms with Crippen molar-refractivity contribution in [3.05, 3.63) is 56.2 Å². The molecule has 0 spiro atoms. The molecule has 0 radical (unpaired) electrons. The lowest BCUT2D eigenvalue weighted by Crippen LogP contribution is -1.99. The molecule has 0 N–H and O–H groups in total. The highest BCUT2D eigenvalue weighted by molar-refractivity contribution is 9.10. The van der Waals surface area contributed by atoms with Gasteiger partial charge in [0.05, 0.1) is 4.83 Å². The molecule has 0 aliphatic heterocycles. The monoisotopic (exact) mass is 366 g/mol. The third-order valence-corrected chi connectivity index (χ3v) is 4.74. The number of benzene rings is 1. The second-order valence-corrected chi connectivity index (χ2v) is 5.97. The molecule has 16 heavy (non-hydrogen) atoms. The van der Waals surface area contributed by atoms with E-state index in [1.54, 1.807) is 0 Å². The Kier molecular flexibility index (Phi) is 3.77. The molecule has 2 rings (SSSR count). The van der Waals surface area contributed by atoms with Crippen LogP contribution in [-0.2, 0) is 0 Å². The van der Waals surface area contributed by atoms with E-state index in [-0.39, 0.29) is 5.56 Å². The first-order valence-electron chi connectivity index (χ1n) is 4.41. The van der Waals surface area contributed by atoms with Gasteiger partial charge < -0.3 is 0 Å². The maximum Gasteiger partial charge on any atom is 0.131 e. The Balaban J connectivity index is 2.48. The molecule has 1 aromatic carbocycles. The molecule has 1 aromatic heterocycles. The normalized spacial score (nSPS) is 12.8. The van der Waals surface area contributed by atoms with E-state index in [0.29, 0.717) is 4.47 Å². The van der Waals surface area contributed by atoms with Gasteiger partial charge in [-0.1, -0.05) is 37.9 Å². The zero-order valence-electron chi connectivity index (χ0n) is 7.88. The predicted octanol–water partition coefficient (Wildman–Crippen LogP) is 5.27. The number of alkyl halides is 1. The molecule has 84 valence electrons. The first-order valence-corrected chi connectivity index (χ1v) is 7.00. The van der Waals surface area contributed by atoms with Crippen molar-refractivity contribution in [1.82, 2.24) is 0 Å². The summed E-state index contributed by atoms with van der Waals surface area (Å²) in [7, 11) is 0. The van der Waals surface area contributed by atoms with E-state index in [9.17, 15) is 8.78 Å². The zero-order chi connectivity index (χ0) is 11.7. The molecule has 5 heteroatoms. The minimum atomic E-state index is -0.554. The Morgan fingerprint density at radius 2 is 1.81 bits per heavy atom. The van der Waals surface area contributed by atoms with E-state index in [1.807, 2.05) is 17.5 Å². The number of hydrogen-bond donors (Lipinski definition) is 0. The maximum absolute atomic E-state index is 13.7. The summed E-state index contributed by atoms with van der Waals surface area (Å²) in [5, 5.41) is 1.87. The molecule has 0 fully saturated rings. The Labute approximate surface area is 113 Å². The van der Waals surface area contributed by atoms with Gasteiger partial charge in [0, 0.05) is 14.9 Å². The van der Waals surface area contributed by atoms with Crippen LogP contribution in [0.25, 0.3) is 0 Å². The Morgan fingerprint density at radius 3 is 2.31 bits per heavy atom. The fourth-order valence-corrected chi connectivity index (χ4v) is 3.40. The first kappa shape index (κ1) is 12.2. The van der Waals surface area contributed by atoms with Crippen molar-refractivity contribution < 1.29 is 8.78 Å². The molecular weight excluding hydrogens is 362 g/mol. The average molecular weight is 368 g/mol. The summed E-state index contributed by atoms with van der Waals surface area (Å²) in [6, 6.07) is 6.22. The minimum Gasteiger partial charge on any atom is -0.206 e. The molecule has 1 atom stereocenters. The van der Waals surface area contributed by atoms with E-state index >= 15 is 0 Å². The third-order valence-electron chi connectivity index (χ3n) is 2.09. The highest BCUT2D eigenvalue weighted by atomic mass is 79.9. The molecule has 0 saturated carbocycles. The third kappa shape index (κ3) is 2.36. The van der Waals surface area contributed by atoms with Crippen molar-refractivity contribution in [3.8, 4) is 0 Å². The molecule has 1 unspecified atom stereocenters. The van der Waals surface area contributed by atoms with Crippen molar-refractivity contribution in [2.24, 2.45) is 0 Å². The summed E-state index contributed by atoms with van der Waals surface area (Å²) < 4.78 is 27.7. The van der Waals surface area contributed by atoms with Crippen LogP contribution in [0.4, 0.5) is 8.78 Å². The summed E-state index contributed by atoms with van der Waals surface area (Å²) in [6.07, 6.45) is 0. The smallest absolute Gasteiger partial charge is 0.131 e. The van der Waals surface area contributed by atoms with Crippen LogP contribution in [0, 0.1) is 11.6 Å². The van der Waals surface area contributed by atoms with Gasteiger partial charge in [-0.3, -0.25) is 0 Å². The van der Waals surface area contributed by atoms with Crippen LogP contribution in [0.3, 0.4) is 0 Å². The summed E-state index contributed by atoms with van der Waals surface area (Å²) in [5.41, 5.74) is 0.0469. The van der Waals surface area contributed by atoms with Gasteiger partial charge in [0.1, 0.15) is 11.6 Å². The predicted molar refractivity (Wildman–Crippen MR) is 69.1 cm³/mol. The van der Waals surface area contributed by atoms with Crippen LogP contribution in [-0.4, -0.2) is 0 Å². The SMILES string of the molecule is Fc1cc(Br)cc(F)c1C(Br)c1cccs1. The highest BCUT2D eigenvalue weighted by Crippen LogP contribution is 2.37. The van der Waals surface area contributed by atoms with Gasteiger partial charge in [-0.2, -0.15) is 0 Å². The molecule has 0 nitrogen and oxygen atoms in total. The molecule has 1 heterocycles. The van der Waals surface area contributed by atoms with Gasteiger partial charge in [0.2, 0.25) is 0 Å². The van der Waals surface area contributed by atoms with E-state index in [2.05, 4.69) is 31.9 Å². The largest absolute Gasteiger partial charge is 0.206 e. The number of thiophene rings is 1. The molecule has 0 aliphatic rings. The van der Waals surface area contributed by atoms with Crippen molar-refractivity contribution in [2.75, 3.05) is 0 Å². The number of hydrogen-bond acceptors (Lipinski definition) is 1.